The van der Waals surface area contributed by atoms with E-state index >= 15 is 0 Å². The van der Waals surface area contributed by atoms with Crippen molar-refractivity contribution in [2.24, 2.45) is 11.7 Å². The molecule has 0 spiro atoms. The van der Waals surface area contributed by atoms with Crippen LogP contribution in [0.25, 0.3) is 0 Å². The second-order valence-electron chi connectivity index (χ2n) is 9.09. The maximum Gasteiger partial charge on any atom is 0.227 e. The van der Waals surface area contributed by atoms with Gasteiger partial charge in [0.15, 0.2) is 5.75 Å². The number of carbonyl (C=O) groups excluding carboxylic acids is 1. The van der Waals surface area contributed by atoms with Gasteiger partial charge in [0.05, 0.1) is 16.0 Å². The van der Waals surface area contributed by atoms with Crippen LogP contribution in [-0.4, -0.2) is 41.6 Å². The molecule has 1 aromatic heterocycles. The number of aromatic nitrogens is 1. The van der Waals surface area contributed by atoms with Gasteiger partial charge in [-0.15, -0.1) is 0 Å². The normalized spacial score (nSPS) is 13.8. The van der Waals surface area contributed by atoms with Gasteiger partial charge in [-0.3, -0.25) is 9.78 Å². The Morgan fingerprint density at radius 3 is 2.39 bits per heavy atom. The Balaban J connectivity index is 1.29. The molecule has 6 nitrogen and oxygen atoms in total. The molecule has 190 valence electrons. The molecule has 8 heteroatoms. The van der Waals surface area contributed by atoms with Crippen LogP contribution in [0, 0.1) is 12.8 Å². The largest absolute Gasteiger partial charge is 0.490 e. The first kappa shape index (κ1) is 26.3. The van der Waals surface area contributed by atoms with Crippen LogP contribution in [0.15, 0.2) is 60.9 Å². The molecule has 3 aromatic rings. The predicted molar refractivity (Wildman–Crippen MR) is 143 cm³/mol. The Labute approximate surface area is 222 Å². The van der Waals surface area contributed by atoms with Crippen molar-refractivity contribution in [2.75, 3.05) is 19.8 Å². The highest BCUT2D eigenvalue weighted by Gasteiger charge is 2.35. The number of carbonyl (C=O) groups is 1. The number of hydrogen-bond acceptors (Lipinski definition) is 5. The van der Waals surface area contributed by atoms with E-state index in [9.17, 15) is 4.79 Å². The molecular weight excluding hydrogens is 497 g/mol. The van der Waals surface area contributed by atoms with E-state index in [0.29, 0.717) is 54.6 Å². The zero-order valence-electron chi connectivity index (χ0n) is 20.3. The molecule has 0 radical (unpaired) electrons. The molecule has 1 amide bonds. The molecule has 1 fully saturated rings. The molecule has 36 heavy (non-hydrogen) atoms. The van der Waals surface area contributed by atoms with Gasteiger partial charge in [0.25, 0.3) is 0 Å². The van der Waals surface area contributed by atoms with Crippen LogP contribution in [0.4, 0.5) is 0 Å². The van der Waals surface area contributed by atoms with Gasteiger partial charge in [-0.2, -0.15) is 0 Å². The number of nitrogens with zero attached hydrogens (tertiary/aromatic N) is 2. The summed E-state index contributed by atoms with van der Waals surface area (Å²) in [5.41, 5.74) is 9.09. The van der Waals surface area contributed by atoms with E-state index in [1.807, 2.05) is 66.6 Å². The van der Waals surface area contributed by atoms with Gasteiger partial charge in [0.2, 0.25) is 5.91 Å². The number of pyridine rings is 1. The van der Waals surface area contributed by atoms with Crippen LogP contribution in [0.3, 0.4) is 0 Å². The topological polar surface area (TPSA) is 77.7 Å². The first-order valence-electron chi connectivity index (χ1n) is 12.1. The summed E-state index contributed by atoms with van der Waals surface area (Å²) < 4.78 is 11.5. The minimum atomic E-state index is -0.272. The third-order valence-electron chi connectivity index (χ3n) is 6.13. The minimum absolute atomic E-state index is 0.106. The fourth-order valence-corrected chi connectivity index (χ4v) is 4.81. The lowest BCUT2D eigenvalue weighted by Crippen LogP contribution is -2.41. The van der Waals surface area contributed by atoms with E-state index in [1.54, 1.807) is 6.20 Å². The summed E-state index contributed by atoms with van der Waals surface area (Å²) >= 11 is 12.4. The van der Waals surface area contributed by atoms with E-state index in [2.05, 4.69) is 4.98 Å². The molecule has 1 atom stereocenters. The first-order valence-corrected chi connectivity index (χ1v) is 12.9. The highest BCUT2D eigenvalue weighted by molar-refractivity contribution is 6.37. The summed E-state index contributed by atoms with van der Waals surface area (Å²) in [4.78, 5) is 19.5. The first-order chi connectivity index (χ1) is 17.4. The highest BCUT2D eigenvalue weighted by Crippen LogP contribution is 2.34. The number of benzene rings is 2. The van der Waals surface area contributed by atoms with Gasteiger partial charge in [-0.25, -0.2) is 0 Å². The third-order valence-corrected chi connectivity index (χ3v) is 6.69. The van der Waals surface area contributed by atoms with Gasteiger partial charge in [0, 0.05) is 31.5 Å². The second kappa shape index (κ2) is 12.4. The molecule has 1 aliphatic rings. The monoisotopic (exact) mass is 527 g/mol. The standard InChI is InChI=1S/C28H31Cl2N3O3/c1-19-13-25(29)27(26(30)14-19)36-12-11-35-24-8-4-20(5-9-24)15-22(16-31)28(34)33(23-6-7-23)18-21-3-2-10-32-17-21/h2-5,8-10,13-14,17,22-23H,6-7,11-12,15-16,18,31H2,1H3. The summed E-state index contributed by atoms with van der Waals surface area (Å²) in [7, 11) is 0. The minimum Gasteiger partial charge on any atom is -0.490 e. The molecule has 0 saturated heterocycles. The third kappa shape index (κ3) is 7.12. The SMILES string of the molecule is Cc1cc(Cl)c(OCCOc2ccc(CC(CN)C(=O)N(Cc3cccnc3)C3CC3)cc2)c(Cl)c1. The van der Waals surface area contributed by atoms with Crippen molar-refractivity contribution in [1.82, 2.24) is 9.88 Å². The molecular formula is C28H31Cl2N3O3. The van der Waals surface area contributed by atoms with E-state index in [-0.39, 0.29) is 11.8 Å². The van der Waals surface area contributed by atoms with Crippen LogP contribution in [0.1, 0.15) is 29.5 Å². The van der Waals surface area contributed by atoms with E-state index in [0.717, 1.165) is 35.3 Å². The predicted octanol–water partition coefficient (Wildman–Crippen LogP) is 5.46. The molecule has 1 unspecified atom stereocenters. The van der Waals surface area contributed by atoms with Crippen LogP contribution in [0.5, 0.6) is 11.5 Å². The van der Waals surface area contributed by atoms with Crippen LogP contribution >= 0.6 is 23.2 Å². The molecule has 0 bridgehead atoms. The Morgan fingerprint density at radius 2 is 1.78 bits per heavy atom. The Morgan fingerprint density at radius 1 is 1.08 bits per heavy atom. The number of aryl methyl sites for hydroxylation is 1. The number of halogens is 2. The number of ether oxygens (including phenoxy) is 2. The summed E-state index contributed by atoms with van der Waals surface area (Å²) in [5.74, 6) is 1.01. The second-order valence-corrected chi connectivity index (χ2v) is 9.91. The van der Waals surface area contributed by atoms with Crippen LogP contribution < -0.4 is 15.2 Å². The highest BCUT2D eigenvalue weighted by atomic mass is 35.5. The number of nitrogens with two attached hydrogens (primary N) is 1. The molecule has 1 saturated carbocycles. The number of rotatable bonds is 12. The molecule has 1 heterocycles. The summed E-state index contributed by atoms with van der Waals surface area (Å²) in [5, 5.41) is 0.961. The van der Waals surface area contributed by atoms with Crippen molar-refractivity contribution in [1.29, 1.82) is 0 Å². The van der Waals surface area contributed by atoms with Crippen molar-refractivity contribution in [3.63, 3.8) is 0 Å². The maximum atomic E-state index is 13.4. The zero-order chi connectivity index (χ0) is 25.5. The summed E-state index contributed by atoms with van der Waals surface area (Å²) in [6.45, 7) is 3.44. The lowest BCUT2D eigenvalue weighted by Gasteiger charge is -2.27. The van der Waals surface area contributed by atoms with E-state index in [4.69, 9.17) is 38.4 Å². The van der Waals surface area contributed by atoms with Crippen LogP contribution in [0.2, 0.25) is 10.0 Å². The van der Waals surface area contributed by atoms with Gasteiger partial charge in [0.1, 0.15) is 19.0 Å². The number of amides is 1. The average molecular weight is 528 g/mol. The number of hydrogen-bond donors (Lipinski definition) is 1. The average Bonchev–Trinajstić information content (AvgIpc) is 3.71. The van der Waals surface area contributed by atoms with E-state index < -0.39 is 0 Å². The van der Waals surface area contributed by atoms with Crippen molar-refractivity contribution in [3.05, 3.63) is 87.7 Å². The Bertz CT molecular complexity index is 1130. The molecule has 2 N–H and O–H groups in total. The summed E-state index contributed by atoms with van der Waals surface area (Å²) in [6, 6.07) is 15.6. The van der Waals surface area contributed by atoms with E-state index in [1.165, 1.54) is 0 Å². The smallest absolute Gasteiger partial charge is 0.227 e. The van der Waals surface area contributed by atoms with Gasteiger partial charge in [-0.1, -0.05) is 41.4 Å². The lowest BCUT2D eigenvalue weighted by molar-refractivity contribution is -0.136. The Kier molecular flexibility index (Phi) is 9.08. The van der Waals surface area contributed by atoms with Gasteiger partial charge < -0.3 is 20.1 Å². The molecule has 4 rings (SSSR count). The quantitative estimate of drug-likeness (QED) is 0.316. The molecule has 2 aromatic carbocycles. The van der Waals surface area contributed by atoms with Gasteiger partial charge >= 0.3 is 0 Å². The maximum absolute atomic E-state index is 13.4. The van der Waals surface area contributed by atoms with Crippen molar-refractivity contribution < 1.29 is 14.3 Å². The van der Waals surface area contributed by atoms with Crippen molar-refractivity contribution in [2.45, 2.75) is 38.8 Å². The Hall–Kier alpha value is -2.80. The van der Waals surface area contributed by atoms with Gasteiger partial charge in [-0.05, 0) is 73.2 Å². The fraction of sp³-hybridized carbons (Fsp3) is 0.357. The zero-order valence-corrected chi connectivity index (χ0v) is 21.8. The fourth-order valence-electron chi connectivity index (χ4n) is 4.10. The molecule has 1 aliphatic carbocycles. The van der Waals surface area contributed by atoms with Crippen molar-refractivity contribution in [3.8, 4) is 11.5 Å². The molecule has 0 aliphatic heterocycles. The van der Waals surface area contributed by atoms with Crippen LogP contribution in [-0.2, 0) is 17.8 Å². The van der Waals surface area contributed by atoms with Crippen molar-refractivity contribution >= 4 is 29.1 Å². The summed E-state index contributed by atoms with van der Waals surface area (Å²) in [6.07, 6.45) is 6.22. The lowest BCUT2D eigenvalue weighted by atomic mass is 9.97.